The van der Waals surface area contributed by atoms with Crippen molar-refractivity contribution < 1.29 is 18.7 Å². The molecule has 3 rings (SSSR count). The van der Waals surface area contributed by atoms with Crippen molar-refractivity contribution in [3.63, 3.8) is 0 Å². The third-order valence-electron chi connectivity index (χ3n) is 3.92. The number of benzene rings is 2. The van der Waals surface area contributed by atoms with E-state index in [2.05, 4.69) is 5.32 Å². The van der Waals surface area contributed by atoms with Gasteiger partial charge in [0.2, 0.25) is 0 Å². The Hall–Kier alpha value is -3.06. The number of rotatable bonds is 3. The van der Waals surface area contributed by atoms with Crippen LogP contribution in [-0.2, 0) is 9.59 Å². The van der Waals surface area contributed by atoms with Gasteiger partial charge in [-0.1, -0.05) is 6.07 Å². The SMILES string of the molecule is COc1ccc(/C=C2/C(=O)NC(=S)N(c3ccc(F)cc3)C2=O)cc1C. The Morgan fingerprint density at radius 2 is 1.85 bits per heavy atom. The predicted octanol–water partition coefficient (Wildman–Crippen LogP) is 2.97. The van der Waals surface area contributed by atoms with Gasteiger partial charge < -0.3 is 4.74 Å². The lowest BCUT2D eigenvalue weighted by atomic mass is 10.0. The number of anilines is 1. The van der Waals surface area contributed by atoms with Crippen molar-refractivity contribution >= 4 is 40.9 Å². The van der Waals surface area contributed by atoms with Crippen LogP contribution in [0.25, 0.3) is 6.08 Å². The van der Waals surface area contributed by atoms with E-state index in [0.717, 1.165) is 5.56 Å². The molecule has 0 radical (unpaired) electrons. The smallest absolute Gasteiger partial charge is 0.270 e. The summed E-state index contributed by atoms with van der Waals surface area (Å²) in [6.07, 6.45) is 1.49. The van der Waals surface area contributed by atoms with Crippen LogP contribution in [0.4, 0.5) is 10.1 Å². The van der Waals surface area contributed by atoms with Crippen molar-refractivity contribution in [1.29, 1.82) is 0 Å². The molecule has 26 heavy (non-hydrogen) atoms. The van der Waals surface area contributed by atoms with Crippen LogP contribution in [-0.4, -0.2) is 24.0 Å². The lowest BCUT2D eigenvalue weighted by Crippen LogP contribution is -2.54. The number of methoxy groups -OCH3 is 1. The Kier molecular flexibility index (Phi) is 4.81. The van der Waals surface area contributed by atoms with Crippen molar-refractivity contribution in [2.45, 2.75) is 6.92 Å². The van der Waals surface area contributed by atoms with Crippen LogP contribution in [0, 0.1) is 12.7 Å². The van der Waals surface area contributed by atoms with E-state index in [1.54, 1.807) is 19.2 Å². The van der Waals surface area contributed by atoms with Crippen molar-refractivity contribution in [2.75, 3.05) is 12.0 Å². The summed E-state index contributed by atoms with van der Waals surface area (Å²) in [5, 5.41) is 2.44. The molecule has 2 aromatic rings. The lowest BCUT2D eigenvalue weighted by molar-refractivity contribution is -0.122. The maximum Gasteiger partial charge on any atom is 0.270 e. The van der Waals surface area contributed by atoms with Gasteiger partial charge in [-0.3, -0.25) is 19.8 Å². The third kappa shape index (κ3) is 3.34. The van der Waals surface area contributed by atoms with Crippen molar-refractivity contribution in [3.05, 3.63) is 65.0 Å². The number of halogens is 1. The van der Waals surface area contributed by atoms with Gasteiger partial charge in [0.25, 0.3) is 11.8 Å². The molecular formula is C19H15FN2O3S. The van der Waals surface area contributed by atoms with Crippen LogP contribution >= 0.6 is 12.2 Å². The van der Waals surface area contributed by atoms with E-state index in [4.69, 9.17) is 17.0 Å². The lowest BCUT2D eigenvalue weighted by Gasteiger charge is -2.28. The zero-order chi connectivity index (χ0) is 18.8. The van der Waals surface area contributed by atoms with E-state index in [-0.39, 0.29) is 10.7 Å². The highest BCUT2D eigenvalue weighted by Gasteiger charge is 2.34. The molecule has 0 atom stereocenters. The van der Waals surface area contributed by atoms with Crippen LogP contribution < -0.4 is 15.0 Å². The summed E-state index contributed by atoms with van der Waals surface area (Å²) in [4.78, 5) is 26.3. The fourth-order valence-electron chi connectivity index (χ4n) is 2.64. The van der Waals surface area contributed by atoms with Crippen LogP contribution in [0.15, 0.2) is 48.0 Å². The molecule has 0 saturated carbocycles. The first kappa shape index (κ1) is 17.8. The number of carbonyl (C=O) groups excluding carboxylic acids is 2. The summed E-state index contributed by atoms with van der Waals surface area (Å²) >= 11 is 5.10. The number of amides is 2. The maximum atomic E-state index is 13.1. The second kappa shape index (κ2) is 7.05. The van der Waals surface area contributed by atoms with E-state index in [9.17, 15) is 14.0 Å². The molecule has 2 amide bonds. The first-order valence-corrected chi connectivity index (χ1v) is 8.13. The number of nitrogens with one attached hydrogen (secondary N) is 1. The standard InChI is InChI=1S/C19H15FN2O3S/c1-11-9-12(3-8-16(11)25-2)10-15-17(23)21-19(26)22(18(15)24)14-6-4-13(20)5-7-14/h3-10H,1-2H3,(H,21,23,26)/b15-10-. The van der Waals surface area contributed by atoms with E-state index in [0.29, 0.717) is 17.0 Å². The molecule has 1 aliphatic heterocycles. The molecule has 1 saturated heterocycles. The first-order valence-electron chi connectivity index (χ1n) is 7.72. The zero-order valence-corrected chi connectivity index (χ0v) is 14.9. The van der Waals surface area contributed by atoms with Gasteiger partial charge in [0.05, 0.1) is 12.8 Å². The van der Waals surface area contributed by atoms with E-state index >= 15 is 0 Å². The van der Waals surface area contributed by atoms with E-state index < -0.39 is 17.6 Å². The van der Waals surface area contributed by atoms with Crippen LogP contribution in [0.5, 0.6) is 5.75 Å². The minimum absolute atomic E-state index is 0.0466. The molecule has 0 aliphatic carbocycles. The summed E-state index contributed by atoms with van der Waals surface area (Å²) < 4.78 is 18.4. The average Bonchev–Trinajstić information content (AvgIpc) is 2.60. The number of nitrogens with zero attached hydrogens (tertiary/aromatic N) is 1. The number of ether oxygens (including phenoxy) is 1. The second-order valence-electron chi connectivity index (χ2n) is 5.66. The molecule has 1 aliphatic rings. The van der Waals surface area contributed by atoms with Gasteiger partial charge in [-0.2, -0.15) is 0 Å². The molecule has 5 nitrogen and oxygen atoms in total. The van der Waals surface area contributed by atoms with Gasteiger partial charge >= 0.3 is 0 Å². The molecular weight excluding hydrogens is 355 g/mol. The number of aryl methyl sites for hydroxylation is 1. The topological polar surface area (TPSA) is 58.6 Å². The van der Waals surface area contributed by atoms with E-state index in [1.807, 2.05) is 13.0 Å². The highest BCUT2D eigenvalue weighted by Crippen LogP contribution is 2.24. The number of thiocarbonyl (C=S) groups is 1. The normalized spacial score (nSPS) is 16.0. The number of hydrogen-bond donors (Lipinski definition) is 1. The molecule has 2 aromatic carbocycles. The van der Waals surface area contributed by atoms with Crippen LogP contribution in [0.1, 0.15) is 11.1 Å². The molecule has 0 aromatic heterocycles. The average molecular weight is 370 g/mol. The van der Waals surface area contributed by atoms with Gasteiger partial charge in [0.15, 0.2) is 5.11 Å². The molecule has 1 heterocycles. The summed E-state index contributed by atoms with van der Waals surface area (Å²) in [6, 6.07) is 10.6. The zero-order valence-electron chi connectivity index (χ0n) is 14.1. The summed E-state index contributed by atoms with van der Waals surface area (Å²) in [7, 11) is 1.57. The highest BCUT2D eigenvalue weighted by atomic mass is 32.1. The quantitative estimate of drug-likeness (QED) is 0.513. The third-order valence-corrected chi connectivity index (χ3v) is 4.20. The molecule has 0 unspecified atom stereocenters. The predicted molar refractivity (Wildman–Crippen MR) is 100 cm³/mol. The van der Waals surface area contributed by atoms with Gasteiger partial charge in [-0.25, -0.2) is 4.39 Å². The van der Waals surface area contributed by atoms with Gasteiger partial charge in [-0.15, -0.1) is 0 Å². The fourth-order valence-corrected chi connectivity index (χ4v) is 2.92. The maximum absolute atomic E-state index is 13.1. The highest BCUT2D eigenvalue weighted by molar-refractivity contribution is 7.80. The molecule has 1 fully saturated rings. The minimum Gasteiger partial charge on any atom is -0.496 e. The summed E-state index contributed by atoms with van der Waals surface area (Å²) in [5.41, 5.74) is 1.86. The molecule has 0 spiro atoms. The Bertz CT molecular complexity index is 938. The minimum atomic E-state index is -0.577. The number of hydrogen-bond acceptors (Lipinski definition) is 4. The number of carbonyl (C=O) groups is 2. The van der Waals surface area contributed by atoms with Crippen molar-refractivity contribution in [1.82, 2.24) is 5.32 Å². The summed E-state index contributed by atoms with van der Waals surface area (Å²) in [5.74, 6) is -0.871. The van der Waals surface area contributed by atoms with Gasteiger partial charge in [0, 0.05) is 0 Å². The Morgan fingerprint density at radius 3 is 2.46 bits per heavy atom. The van der Waals surface area contributed by atoms with Crippen LogP contribution in [0.2, 0.25) is 0 Å². The molecule has 1 N–H and O–H groups in total. The largest absolute Gasteiger partial charge is 0.496 e. The van der Waals surface area contributed by atoms with Crippen LogP contribution in [0.3, 0.4) is 0 Å². The molecule has 132 valence electrons. The fraction of sp³-hybridized carbons (Fsp3) is 0.105. The van der Waals surface area contributed by atoms with Crippen molar-refractivity contribution in [2.24, 2.45) is 0 Å². The first-order chi connectivity index (χ1) is 12.4. The molecule has 0 bridgehead atoms. The van der Waals surface area contributed by atoms with Gasteiger partial charge in [0.1, 0.15) is 17.1 Å². The van der Waals surface area contributed by atoms with Gasteiger partial charge in [-0.05, 0) is 72.7 Å². The van der Waals surface area contributed by atoms with E-state index in [1.165, 1.54) is 35.2 Å². The Labute approximate surface area is 155 Å². The van der Waals surface area contributed by atoms with Crippen molar-refractivity contribution in [3.8, 4) is 5.75 Å². The molecule has 7 heteroatoms. The summed E-state index contributed by atoms with van der Waals surface area (Å²) in [6.45, 7) is 1.86. The Morgan fingerprint density at radius 1 is 1.15 bits per heavy atom. The second-order valence-corrected chi connectivity index (χ2v) is 6.05. The monoisotopic (exact) mass is 370 g/mol. The Balaban J connectivity index is 1.99.